The van der Waals surface area contributed by atoms with Crippen LogP contribution < -0.4 is 5.32 Å². The van der Waals surface area contributed by atoms with E-state index in [0.717, 1.165) is 52.1 Å². The second-order valence-corrected chi connectivity index (χ2v) is 8.76. The van der Waals surface area contributed by atoms with E-state index in [-0.39, 0.29) is 24.8 Å². The molecule has 0 bridgehead atoms. The van der Waals surface area contributed by atoms with Crippen LogP contribution in [0.1, 0.15) is 44.1 Å². The van der Waals surface area contributed by atoms with Gasteiger partial charge >= 0.3 is 0 Å². The molecule has 3 aliphatic rings. The smallest absolute Gasteiger partial charge is 0.222 e. The lowest BCUT2D eigenvalue weighted by Gasteiger charge is -2.40. The van der Waals surface area contributed by atoms with Gasteiger partial charge in [0, 0.05) is 38.0 Å². The molecule has 2 unspecified atom stereocenters. The molecular weight excluding hydrogens is 393 g/mol. The fourth-order valence-electron chi connectivity index (χ4n) is 5.21. The zero-order valence-corrected chi connectivity index (χ0v) is 18.4. The lowest BCUT2D eigenvalue weighted by Crippen LogP contribution is -2.45. The van der Waals surface area contributed by atoms with Crippen molar-refractivity contribution in [2.75, 3.05) is 39.3 Å². The predicted octanol–water partition coefficient (Wildman–Crippen LogP) is 3.73. The third kappa shape index (κ3) is 5.85. The minimum Gasteiger partial charge on any atom is -0.342 e. The van der Waals surface area contributed by atoms with Gasteiger partial charge in [-0.15, -0.1) is 24.8 Å². The number of hydrogen-bond donors (Lipinski definition) is 1. The highest BCUT2D eigenvalue weighted by Gasteiger charge is 2.42. The molecule has 4 rings (SSSR count). The summed E-state index contributed by atoms with van der Waals surface area (Å²) in [5.41, 5.74) is 1.75. The summed E-state index contributed by atoms with van der Waals surface area (Å²) in [4.78, 5) is 17.5. The fourth-order valence-corrected chi connectivity index (χ4v) is 5.21. The van der Waals surface area contributed by atoms with Crippen LogP contribution in [0.15, 0.2) is 30.3 Å². The molecule has 0 radical (unpaired) electrons. The van der Waals surface area contributed by atoms with Crippen LogP contribution in [0.5, 0.6) is 0 Å². The van der Waals surface area contributed by atoms with Gasteiger partial charge in [0.2, 0.25) is 5.91 Å². The van der Waals surface area contributed by atoms with Gasteiger partial charge in [0.1, 0.15) is 0 Å². The topological polar surface area (TPSA) is 35.6 Å². The number of amides is 1. The Hall–Kier alpha value is -0.810. The molecule has 28 heavy (non-hydrogen) atoms. The molecule has 0 aromatic heterocycles. The molecule has 3 aliphatic heterocycles. The molecule has 1 aromatic rings. The molecule has 4 nitrogen and oxygen atoms in total. The summed E-state index contributed by atoms with van der Waals surface area (Å²) in [7, 11) is 0. The number of carbonyl (C=O) groups is 1. The second kappa shape index (κ2) is 10.8. The Morgan fingerprint density at radius 2 is 1.93 bits per heavy atom. The van der Waals surface area contributed by atoms with Crippen molar-refractivity contribution in [1.82, 2.24) is 15.1 Å². The first-order chi connectivity index (χ1) is 12.7. The monoisotopic (exact) mass is 427 g/mol. The molecule has 1 N–H and O–H groups in total. The number of benzene rings is 1. The number of rotatable bonds is 5. The van der Waals surface area contributed by atoms with Crippen molar-refractivity contribution in [2.45, 2.75) is 45.1 Å². The molecule has 0 saturated carbocycles. The Labute approximate surface area is 182 Å². The van der Waals surface area contributed by atoms with E-state index in [1.54, 1.807) is 0 Å². The fraction of sp³-hybridized carbons (Fsp3) is 0.682. The van der Waals surface area contributed by atoms with Crippen LogP contribution in [0.4, 0.5) is 0 Å². The molecule has 6 heteroatoms. The first-order valence-electron chi connectivity index (χ1n) is 10.5. The Morgan fingerprint density at radius 1 is 1.11 bits per heavy atom. The average molecular weight is 428 g/mol. The van der Waals surface area contributed by atoms with E-state index in [4.69, 9.17) is 0 Å². The summed E-state index contributed by atoms with van der Waals surface area (Å²) in [6.45, 7) is 7.58. The number of likely N-dealkylation sites (tertiary alicyclic amines) is 2. The summed E-state index contributed by atoms with van der Waals surface area (Å²) in [6, 6.07) is 10.8. The van der Waals surface area contributed by atoms with Crippen molar-refractivity contribution >= 4 is 30.7 Å². The van der Waals surface area contributed by atoms with E-state index in [9.17, 15) is 4.79 Å². The van der Waals surface area contributed by atoms with Crippen LogP contribution >= 0.6 is 24.8 Å². The summed E-state index contributed by atoms with van der Waals surface area (Å²) >= 11 is 0. The first kappa shape index (κ1) is 23.5. The zero-order valence-electron chi connectivity index (χ0n) is 16.8. The van der Waals surface area contributed by atoms with Gasteiger partial charge in [0.15, 0.2) is 0 Å². The Bertz CT molecular complexity index is 609. The van der Waals surface area contributed by atoms with Gasteiger partial charge in [-0.2, -0.15) is 0 Å². The van der Waals surface area contributed by atoms with Crippen LogP contribution in [0.2, 0.25) is 0 Å². The summed E-state index contributed by atoms with van der Waals surface area (Å²) in [5, 5.41) is 3.41. The first-order valence-corrected chi connectivity index (χ1v) is 10.5. The van der Waals surface area contributed by atoms with E-state index in [1.165, 1.54) is 37.8 Å². The highest BCUT2D eigenvalue weighted by Crippen LogP contribution is 2.39. The van der Waals surface area contributed by atoms with Crippen LogP contribution in [0.3, 0.4) is 0 Å². The number of halogens is 2. The SMILES string of the molecule is Cl.Cl.O=C(CCC1CCNC1)N1CCC2(CCCN(Cc3ccccc3)C2)C1. The molecule has 158 valence electrons. The molecule has 2 atom stereocenters. The third-order valence-electron chi connectivity index (χ3n) is 6.71. The molecule has 3 heterocycles. The predicted molar refractivity (Wildman–Crippen MR) is 119 cm³/mol. The van der Waals surface area contributed by atoms with Crippen LogP contribution in [0.25, 0.3) is 0 Å². The Balaban J connectivity index is 0.00000140. The number of carbonyl (C=O) groups excluding carboxylic acids is 1. The van der Waals surface area contributed by atoms with Crippen LogP contribution in [0, 0.1) is 11.3 Å². The molecule has 1 amide bonds. The van der Waals surface area contributed by atoms with Crippen molar-refractivity contribution in [3.05, 3.63) is 35.9 Å². The van der Waals surface area contributed by atoms with Gasteiger partial charge in [0.05, 0.1) is 0 Å². The molecule has 3 fully saturated rings. The Morgan fingerprint density at radius 3 is 2.68 bits per heavy atom. The number of hydrogen-bond acceptors (Lipinski definition) is 3. The van der Waals surface area contributed by atoms with Crippen molar-refractivity contribution < 1.29 is 4.79 Å². The lowest BCUT2D eigenvalue weighted by molar-refractivity contribution is -0.131. The van der Waals surface area contributed by atoms with Gasteiger partial charge in [-0.25, -0.2) is 0 Å². The maximum atomic E-state index is 12.7. The van der Waals surface area contributed by atoms with Crippen molar-refractivity contribution in [1.29, 1.82) is 0 Å². The quantitative estimate of drug-likeness (QED) is 0.776. The van der Waals surface area contributed by atoms with Crippen LogP contribution in [-0.2, 0) is 11.3 Å². The van der Waals surface area contributed by atoms with Crippen molar-refractivity contribution in [2.24, 2.45) is 11.3 Å². The second-order valence-electron chi connectivity index (χ2n) is 8.76. The van der Waals surface area contributed by atoms with E-state index in [0.29, 0.717) is 17.2 Å². The van der Waals surface area contributed by atoms with Crippen molar-refractivity contribution in [3.8, 4) is 0 Å². The van der Waals surface area contributed by atoms with Gasteiger partial charge in [-0.3, -0.25) is 9.69 Å². The van der Waals surface area contributed by atoms with E-state index in [2.05, 4.69) is 45.4 Å². The molecule has 3 saturated heterocycles. The van der Waals surface area contributed by atoms with E-state index in [1.807, 2.05) is 0 Å². The number of piperidine rings is 1. The largest absolute Gasteiger partial charge is 0.342 e. The van der Waals surface area contributed by atoms with Gasteiger partial charge < -0.3 is 10.2 Å². The third-order valence-corrected chi connectivity index (χ3v) is 6.71. The lowest BCUT2D eigenvalue weighted by atomic mass is 9.79. The summed E-state index contributed by atoms with van der Waals surface area (Å²) in [5.74, 6) is 1.11. The standard InChI is InChI=1S/C22H33N3O.2ClH/c26-21(8-7-19-9-12-23-15-19)25-14-11-22(18-25)10-4-13-24(17-22)16-20-5-2-1-3-6-20;;/h1-3,5-6,19,23H,4,7-18H2;2*1H. The molecule has 0 aliphatic carbocycles. The van der Waals surface area contributed by atoms with Gasteiger partial charge in [0.25, 0.3) is 0 Å². The number of nitrogens with zero attached hydrogens (tertiary/aromatic N) is 2. The van der Waals surface area contributed by atoms with Gasteiger partial charge in [-0.05, 0) is 63.2 Å². The van der Waals surface area contributed by atoms with Crippen LogP contribution in [-0.4, -0.2) is 55.0 Å². The summed E-state index contributed by atoms with van der Waals surface area (Å²) in [6.07, 6.45) is 6.80. The maximum Gasteiger partial charge on any atom is 0.222 e. The molecule has 1 spiro atoms. The molecular formula is C22H35Cl2N3O. The maximum absolute atomic E-state index is 12.7. The minimum atomic E-state index is 0. The minimum absolute atomic E-state index is 0. The zero-order chi connectivity index (χ0) is 17.8. The van der Waals surface area contributed by atoms with Gasteiger partial charge in [-0.1, -0.05) is 30.3 Å². The molecule has 1 aromatic carbocycles. The summed E-state index contributed by atoms with van der Waals surface area (Å²) < 4.78 is 0. The Kier molecular flexibility index (Phi) is 9.07. The highest BCUT2D eigenvalue weighted by atomic mass is 35.5. The normalized spacial score (nSPS) is 27.4. The number of nitrogens with one attached hydrogen (secondary N) is 1. The van der Waals surface area contributed by atoms with E-state index >= 15 is 0 Å². The van der Waals surface area contributed by atoms with E-state index < -0.39 is 0 Å². The average Bonchev–Trinajstić information content (AvgIpc) is 3.31. The highest BCUT2D eigenvalue weighted by molar-refractivity contribution is 5.85. The van der Waals surface area contributed by atoms with Crippen molar-refractivity contribution in [3.63, 3.8) is 0 Å².